The third kappa shape index (κ3) is 4.35. The van der Waals surface area contributed by atoms with E-state index in [0.29, 0.717) is 6.42 Å². The molecule has 0 aliphatic carbocycles. The van der Waals surface area contributed by atoms with E-state index >= 15 is 0 Å². The van der Waals surface area contributed by atoms with Crippen molar-refractivity contribution in [3.63, 3.8) is 0 Å². The summed E-state index contributed by atoms with van der Waals surface area (Å²) >= 11 is 3.43. The first kappa shape index (κ1) is 13.2. The predicted molar refractivity (Wildman–Crippen MR) is 70.6 cm³/mol. The molecule has 0 spiro atoms. The molecule has 1 aromatic carbocycles. The Balaban J connectivity index is 2.52. The van der Waals surface area contributed by atoms with Crippen molar-refractivity contribution >= 4 is 21.8 Å². The minimum Gasteiger partial charge on any atom is -0.348 e. The van der Waals surface area contributed by atoms with Gasteiger partial charge >= 0.3 is 0 Å². The molecule has 1 atom stereocenters. The van der Waals surface area contributed by atoms with Gasteiger partial charge in [-0.3, -0.25) is 4.79 Å². The lowest BCUT2D eigenvalue weighted by molar-refractivity contribution is -0.121. The van der Waals surface area contributed by atoms with E-state index in [-0.39, 0.29) is 11.9 Å². The van der Waals surface area contributed by atoms with Crippen molar-refractivity contribution < 1.29 is 4.79 Å². The molecule has 2 nitrogen and oxygen atoms in total. The first-order chi connectivity index (χ1) is 7.77. The highest BCUT2D eigenvalue weighted by molar-refractivity contribution is 9.09. The van der Waals surface area contributed by atoms with E-state index in [0.717, 1.165) is 23.7 Å². The highest BCUT2D eigenvalue weighted by Gasteiger charge is 2.12. The number of hydrogen-bond donors (Lipinski definition) is 1. The first-order valence-electron chi connectivity index (χ1n) is 5.68. The summed E-state index contributed by atoms with van der Waals surface area (Å²) in [6.07, 6.45) is 2.63. The number of benzene rings is 1. The average Bonchev–Trinajstić information content (AvgIpc) is 2.34. The molecule has 1 unspecified atom stereocenters. The fourth-order valence-corrected chi connectivity index (χ4v) is 2.04. The third-order valence-corrected chi connectivity index (χ3v) is 3.10. The van der Waals surface area contributed by atoms with E-state index in [9.17, 15) is 4.79 Å². The van der Waals surface area contributed by atoms with Crippen LogP contribution in [-0.2, 0) is 4.79 Å². The smallest absolute Gasteiger partial charge is 0.220 e. The van der Waals surface area contributed by atoms with Gasteiger partial charge in [0.25, 0.3) is 0 Å². The maximum Gasteiger partial charge on any atom is 0.220 e. The van der Waals surface area contributed by atoms with Crippen molar-refractivity contribution in [3.05, 3.63) is 35.9 Å². The lowest BCUT2D eigenvalue weighted by Gasteiger charge is -2.16. The molecule has 0 saturated carbocycles. The summed E-state index contributed by atoms with van der Waals surface area (Å²) < 4.78 is 0. The monoisotopic (exact) mass is 283 g/mol. The maximum atomic E-state index is 11.6. The second-order valence-electron chi connectivity index (χ2n) is 3.79. The van der Waals surface area contributed by atoms with Crippen molar-refractivity contribution in [1.29, 1.82) is 0 Å². The number of carbonyl (C=O) groups excluding carboxylic acids is 1. The van der Waals surface area contributed by atoms with E-state index in [1.165, 1.54) is 0 Å². The number of hydrogen-bond acceptors (Lipinski definition) is 1. The van der Waals surface area contributed by atoms with E-state index in [1.807, 2.05) is 30.3 Å². The van der Waals surface area contributed by atoms with Gasteiger partial charge in [0.2, 0.25) is 5.91 Å². The van der Waals surface area contributed by atoms with Crippen LogP contribution in [0.2, 0.25) is 0 Å². The first-order valence-corrected chi connectivity index (χ1v) is 6.80. The summed E-state index contributed by atoms with van der Waals surface area (Å²) in [5.74, 6) is 0.134. The second kappa shape index (κ2) is 7.44. The molecule has 0 aromatic heterocycles. The van der Waals surface area contributed by atoms with Crippen LogP contribution in [0.25, 0.3) is 0 Å². The molecule has 0 bridgehead atoms. The standard InChI is InChI=1S/C13H18BrNO/c1-2-3-9-13(16)15-12(10-14)11-7-5-4-6-8-11/h4-8,12H,2-3,9-10H2,1H3,(H,15,16). The van der Waals surface area contributed by atoms with E-state index in [2.05, 4.69) is 28.2 Å². The molecule has 0 aliphatic heterocycles. The van der Waals surface area contributed by atoms with Crippen molar-refractivity contribution in [2.45, 2.75) is 32.2 Å². The number of rotatable bonds is 6. The minimum atomic E-state index is 0.0746. The van der Waals surface area contributed by atoms with Gasteiger partial charge in [0.1, 0.15) is 0 Å². The van der Waals surface area contributed by atoms with Gasteiger partial charge in [0, 0.05) is 11.8 Å². The number of nitrogens with one attached hydrogen (secondary N) is 1. The fourth-order valence-electron chi connectivity index (χ4n) is 1.50. The maximum absolute atomic E-state index is 11.6. The SMILES string of the molecule is CCCCC(=O)NC(CBr)c1ccccc1. The molecule has 0 radical (unpaired) electrons. The average molecular weight is 284 g/mol. The van der Waals surface area contributed by atoms with Crippen LogP contribution in [0.3, 0.4) is 0 Å². The Morgan fingerprint density at radius 1 is 1.38 bits per heavy atom. The molecule has 88 valence electrons. The Labute approximate surface area is 106 Å². The number of amides is 1. The van der Waals surface area contributed by atoms with E-state index in [4.69, 9.17) is 0 Å². The molecular weight excluding hydrogens is 266 g/mol. The van der Waals surface area contributed by atoms with Crippen molar-refractivity contribution in [1.82, 2.24) is 5.32 Å². The quantitative estimate of drug-likeness (QED) is 0.797. The minimum absolute atomic E-state index is 0.0746. The summed E-state index contributed by atoms with van der Waals surface area (Å²) in [6.45, 7) is 2.09. The highest BCUT2D eigenvalue weighted by atomic mass is 79.9. The molecule has 16 heavy (non-hydrogen) atoms. The molecule has 0 fully saturated rings. The lowest BCUT2D eigenvalue weighted by Crippen LogP contribution is -2.29. The van der Waals surface area contributed by atoms with Crippen molar-refractivity contribution in [3.8, 4) is 0 Å². The number of halogens is 1. The molecule has 0 aliphatic rings. The Bertz CT molecular complexity index is 313. The van der Waals surface area contributed by atoms with Crippen LogP contribution in [-0.4, -0.2) is 11.2 Å². The Kier molecular flexibility index (Phi) is 6.16. The topological polar surface area (TPSA) is 29.1 Å². The van der Waals surface area contributed by atoms with Crippen LogP contribution in [0.4, 0.5) is 0 Å². The highest BCUT2D eigenvalue weighted by Crippen LogP contribution is 2.15. The van der Waals surface area contributed by atoms with Crippen LogP contribution >= 0.6 is 15.9 Å². The molecule has 1 amide bonds. The molecule has 0 heterocycles. The van der Waals surface area contributed by atoms with Gasteiger partial charge in [-0.15, -0.1) is 0 Å². The molecular formula is C13H18BrNO. The third-order valence-electron chi connectivity index (χ3n) is 2.45. The zero-order valence-corrected chi connectivity index (χ0v) is 11.2. The van der Waals surface area contributed by atoms with Crippen LogP contribution in [0.5, 0.6) is 0 Å². The van der Waals surface area contributed by atoms with Crippen LogP contribution in [0.1, 0.15) is 37.8 Å². The summed E-state index contributed by atoms with van der Waals surface area (Å²) in [6, 6.07) is 10.1. The van der Waals surface area contributed by atoms with Gasteiger partial charge < -0.3 is 5.32 Å². The van der Waals surface area contributed by atoms with E-state index < -0.39 is 0 Å². The Hall–Kier alpha value is -0.830. The second-order valence-corrected chi connectivity index (χ2v) is 4.44. The van der Waals surface area contributed by atoms with Gasteiger partial charge in [-0.05, 0) is 12.0 Å². The normalized spacial score (nSPS) is 12.1. The van der Waals surface area contributed by atoms with Gasteiger partial charge in [-0.1, -0.05) is 59.6 Å². The molecule has 1 rings (SSSR count). The van der Waals surface area contributed by atoms with Gasteiger partial charge in [0.15, 0.2) is 0 Å². The zero-order chi connectivity index (χ0) is 11.8. The lowest BCUT2D eigenvalue weighted by atomic mass is 10.1. The van der Waals surface area contributed by atoms with Crippen molar-refractivity contribution in [2.75, 3.05) is 5.33 Å². The Morgan fingerprint density at radius 3 is 2.62 bits per heavy atom. The van der Waals surface area contributed by atoms with Gasteiger partial charge in [0.05, 0.1) is 6.04 Å². The summed E-state index contributed by atoms with van der Waals surface area (Å²) in [5.41, 5.74) is 1.14. The number of carbonyl (C=O) groups is 1. The molecule has 0 saturated heterocycles. The largest absolute Gasteiger partial charge is 0.348 e. The summed E-state index contributed by atoms with van der Waals surface area (Å²) in [5, 5.41) is 3.78. The molecule has 3 heteroatoms. The van der Waals surface area contributed by atoms with Gasteiger partial charge in [-0.25, -0.2) is 0 Å². The molecule has 1 aromatic rings. The fraction of sp³-hybridized carbons (Fsp3) is 0.462. The van der Waals surface area contributed by atoms with Crippen LogP contribution in [0, 0.1) is 0 Å². The van der Waals surface area contributed by atoms with Crippen molar-refractivity contribution in [2.24, 2.45) is 0 Å². The van der Waals surface area contributed by atoms with Gasteiger partial charge in [-0.2, -0.15) is 0 Å². The Morgan fingerprint density at radius 2 is 2.06 bits per heavy atom. The molecule has 1 N–H and O–H groups in total. The summed E-state index contributed by atoms with van der Waals surface area (Å²) in [4.78, 5) is 11.6. The van der Waals surface area contributed by atoms with Crippen LogP contribution < -0.4 is 5.32 Å². The number of unbranched alkanes of at least 4 members (excludes halogenated alkanes) is 1. The van der Waals surface area contributed by atoms with E-state index in [1.54, 1.807) is 0 Å². The van der Waals surface area contributed by atoms with Crippen LogP contribution in [0.15, 0.2) is 30.3 Å². The number of alkyl halides is 1. The summed E-state index contributed by atoms with van der Waals surface area (Å²) in [7, 11) is 0. The zero-order valence-electron chi connectivity index (χ0n) is 9.58. The predicted octanol–water partition coefficient (Wildman–Crippen LogP) is 3.43.